The number of aliphatic hydroxyl groups excluding tert-OH is 1. The Morgan fingerprint density at radius 1 is 0.326 bits per heavy atom. The van der Waals surface area contributed by atoms with E-state index >= 15 is 0 Å². The number of carboxylic acids is 2. The number of aliphatic hydroxyl groups is 1. The molecule has 470 valence electrons. The maximum Gasteiger partial charge on any atom is 0.334 e. The van der Waals surface area contributed by atoms with Crippen molar-refractivity contribution in [2.75, 3.05) is 0 Å². The quantitative estimate of drug-likeness (QED) is 0.0487. The first-order chi connectivity index (χ1) is 42.1. The third-order valence-electron chi connectivity index (χ3n) is 15.1. The lowest BCUT2D eigenvalue weighted by molar-refractivity contribution is -0.154. The van der Waals surface area contributed by atoms with E-state index in [2.05, 4.69) is 135 Å². The van der Waals surface area contributed by atoms with Crippen molar-refractivity contribution >= 4 is 79.9 Å². The summed E-state index contributed by atoms with van der Waals surface area (Å²) in [6, 6.07) is 79.9. The number of rotatable bonds is 20. The van der Waals surface area contributed by atoms with Crippen molar-refractivity contribution < 1.29 is 57.2 Å². The number of carbonyl (C=O) groups excluding carboxylic acids is 2. The van der Waals surface area contributed by atoms with Crippen LogP contribution in [0.5, 0.6) is 0 Å². The summed E-state index contributed by atoms with van der Waals surface area (Å²) in [6.07, 6.45) is -3.45. The summed E-state index contributed by atoms with van der Waals surface area (Å²) >= 11 is 0. The van der Waals surface area contributed by atoms with Gasteiger partial charge in [0.1, 0.15) is 37.6 Å². The van der Waals surface area contributed by atoms with Gasteiger partial charge in [0.25, 0.3) is 25.0 Å². The predicted octanol–water partition coefficient (Wildman–Crippen LogP) is 11.9. The molecule has 0 aliphatic carbocycles. The molecule has 0 aromatic heterocycles. The average molecular weight is 1260 g/mol. The SMILES string of the molecule is C[C@H](O)C(=O)OCc1ccccc1.C[C@H](O[Si](c1ccccc1)(c1ccccc1)C(C)(C)C)C(=O)O.C[C@H](O[Si](c1ccccc1)(c1ccccc1)C(C)(C)C)C(=O)O.C[C@H](O[Si](c1ccccc1)(c1ccccc1)C(C)(C)C)C(=O)OCc1ccccc1. The third-order valence-corrected chi connectivity index (χ3v) is 30.5. The number of carbonyl (C=O) groups is 4. The fourth-order valence-electron chi connectivity index (χ4n) is 10.7. The molecule has 0 bridgehead atoms. The number of benzene rings is 8. The second kappa shape index (κ2) is 33.1. The van der Waals surface area contributed by atoms with Gasteiger partial charge < -0.3 is 38.1 Å². The van der Waals surface area contributed by atoms with Crippen LogP contribution in [0.25, 0.3) is 0 Å². The zero-order valence-corrected chi connectivity index (χ0v) is 56.8. The molecule has 4 atom stereocenters. The van der Waals surface area contributed by atoms with Crippen LogP contribution in [0, 0.1) is 0 Å². The van der Waals surface area contributed by atoms with E-state index in [1.54, 1.807) is 20.8 Å². The summed E-state index contributed by atoms with van der Waals surface area (Å²) in [4.78, 5) is 46.6. The van der Waals surface area contributed by atoms with E-state index in [9.17, 15) is 29.4 Å². The minimum Gasteiger partial charge on any atom is -0.479 e. The van der Waals surface area contributed by atoms with Crippen LogP contribution in [0.15, 0.2) is 243 Å². The molecule has 0 aliphatic heterocycles. The zero-order chi connectivity index (χ0) is 65.5. The number of hydrogen-bond donors (Lipinski definition) is 3. The number of ether oxygens (including phenoxy) is 2. The molecule has 8 aromatic carbocycles. The van der Waals surface area contributed by atoms with E-state index in [0.717, 1.165) is 42.2 Å². The minimum atomic E-state index is -2.78. The van der Waals surface area contributed by atoms with Gasteiger partial charge in [0, 0.05) is 0 Å². The predicted molar refractivity (Wildman–Crippen MR) is 364 cm³/mol. The number of carboxylic acid groups (broad SMARTS) is 2. The van der Waals surface area contributed by atoms with Gasteiger partial charge in [-0.3, -0.25) is 0 Å². The molecule has 8 rings (SSSR count). The van der Waals surface area contributed by atoms with Crippen molar-refractivity contribution in [2.24, 2.45) is 0 Å². The van der Waals surface area contributed by atoms with Gasteiger partial charge >= 0.3 is 23.9 Å². The van der Waals surface area contributed by atoms with E-state index in [1.165, 1.54) is 6.92 Å². The lowest BCUT2D eigenvalue weighted by Crippen LogP contribution is -2.68. The summed E-state index contributed by atoms with van der Waals surface area (Å²) in [5.41, 5.74) is 1.87. The van der Waals surface area contributed by atoms with Gasteiger partial charge in [-0.15, -0.1) is 0 Å². The van der Waals surface area contributed by atoms with Gasteiger partial charge in [0.2, 0.25) is 0 Å². The molecule has 12 nitrogen and oxygen atoms in total. The Kier molecular flexibility index (Phi) is 26.7. The van der Waals surface area contributed by atoms with Gasteiger partial charge in [0.15, 0.2) is 0 Å². The summed E-state index contributed by atoms with van der Waals surface area (Å²) in [5.74, 6) is -2.80. The van der Waals surface area contributed by atoms with Crippen molar-refractivity contribution in [1.82, 2.24) is 0 Å². The van der Waals surface area contributed by atoms with Crippen LogP contribution in [0.1, 0.15) is 101 Å². The number of esters is 2. The van der Waals surface area contributed by atoms with Crippen LogP contribution in [0.4, 0.5) is 0 Å². The molecule has 0 fully saturated rings. The van der Waals surface area contributed by atoms with Crippen LogP contribution < -0.4 is 31.1 Å². The number of aliphatic carboxylic acids is 2. The summed E-state index contributed by atoms with van der Waals surface area (Å²) in [7, 11) is -8.30. The average Bonchev–Trinajstić information content (AvgIpc) is 1.00. The summed E-state index contributed by atoms with van der Waals surface area (Å²) in [5, 5.41) is 33.7. The molecule has 0 aliphatic rings. The van der Waals surface area contributed by atoms with Crippen LogP contribution in [0.2, 0.25) is 15.1 Å². The molecule has 0 saturated carbocycles. The molecule has 3 N–H and O–H groups in total. The van der Waals surface area contributed by atoms with Crippen LogP contribution >= 0.6 is 0 Å². The van der Waals surface area contributed by atoms with E-state index < -0.39 is 67.3 Å². The van der Waals surface area contributed by atoms with Gasteiger partial charge in [-0.25, -0.2) is 19.2 Å². The fourth-order valence-corrected chi connectivity index (χ4v) is 24.6. The molecule has 8 aromatic rings. The van der Waals surface area contributed by atoms with Gasteiger partial charge in [-0.1, -0.05) is 305 Å². The molecule has 89 heavy (non-hydrogen) atoms. The van der Waals surface area contributed by atoms with Crippen LogP contribution in [-0.2, 0) is 55.1 Å². The molecular weight excluding hydrogens is 1170 g/mol. The lowest BCUT2D eigenvalue weighted by Gasteiger charge is -2.44. The topological polar surface area (TPSA) is 175 Å². The molecule has 0 heterocycles. The zero-order valence-electron chi connectivity index (χ0n) is 53.8. The van der Waals surface area contributed by atoms with E-state index in [4.69, 9.17) is 27.9 Å². The van der Waals surface area contributed by atoms with Crippen LogP contribution in [0.3, 0.4) is 0 Å². The second-order valence-corrected chi connectivity index (χ2v) is 37.6. The fraction of sp³-hybridized carbons (Fsp3) is 0.297. The first kappa shape index (κ1) is 71.9. The minimum absolute atomic E-state index is 0.191. The molecular formula is C74H90O12Si3. The van der Waals surface area contributed by atoms with E-state index in [0.29, 0.717) is 0 Å². The smallest absolute Gasteiger partial charge is 0.334 e. The lowest BCUT2D eigenvalue weighted by atomic mass is 10.2. The van der Waals surface area contributed by atoms with Crippen molar-refractivity contribution in [3.05, 3.63) is 254 Å². The Labute approximate surface area is 530 Å². The van der Waals surface area contributed by atoms with Gasteiger partial charge in [-0.05, 0) is 85.1 Å². The highest BCUT2D eigenvalue weighted by atomic mass is 28.4. The first-order valence-corrected chi connectivity index (χ1v) is 35.8. The normalized spacial score (nSPS) is 13.1. The molecule has 0 saturated heterocycles. The first-order valence-electron chi connectivity index (χ1n) is 30.0. The Balaban J connectivity index is 0.000000223. The molecule has 0 amide bonds. The highest BCUT2D eigenvalue weighted by molar-refractivity contribution is 7.01. The largest absolute Gasteiger partial charge is 0.479 e. The molecule has 0 radical (unpaired) electrons. The van der Waals surface area contributed by atoms with Gasteiger partial charge in [0.05, 0.1) is 0 Å². The Morgan fingerprint density at radius 3 is 0.708 bits per heavy atom. The van der Waals surface area contributed by atoms with Crippen molar-refractivity contribution in [3.63, 3.8) is 0 Å². The Hall–Kier alpha value is -7.87. The molecule has 15 heteroatoms. The third kappa shape index (κ3) is 19.1. The maximum atomic E-state index is 12.9. The summed E-state index contributed by atoms with van der Waals surface area (Å²) < 4.78 is 29.9. The highest BCUT2D eigenvalue weighted by Gasteiger charge is 2.54. The molecule has 0 unspecified atom stereocenters. The van der Waals surface area contributed by atoms with E-state index in [1.807, 2.05) is 170 Å². The molecule has 0 spiro atoms. The van der Waals surface area contributed by atoms with Gasteiger partial charge in [-0.2, -0.15) is 0 Å². The van der Waals surface area contributed by atoms with Crippen molar-refractivity contribution in [1.29, 1.82) is 0 Å². The van der Waals surface area contributed by atoms with Crippen molar-refractivity contribution in [3.8, 4) is 0 Å². The van der Waals surface area contributed by atoms with E-state index in [-0.39, 0.29) is 34.3 Å². The van der Waals surface area contributed by atoms with Crippen LogP contribution in [-0.4, -0.2) is 88.6 Å². The maximum absolute atomic E-state index is 12.9. The van der Waals surface area contributed by atoms with Crippen molar-refractivity contribution in [2.45, 2.75) is 143 Å². The summed E-state index contributed by atoms with van der Waals surface area (Å²) in [6.45, 7) is 26.2. The standard InChI is InChI=1S/C26H30O3Si.2C19H24O3Si.C10H12O3/c1-21(25(27)28-20-22-14-8-5-9-15-22)29-30(26(2,3)4,23-16-10-6-11-17-23)24-18-12-7-13-19-24;2*1-15(18(20)21)22-23(19(2,3)4,16-11-7-5-8-12-16)17-13-9-6-10-14-17;1-8(11)10(12)13-7-9-5-3-2-4-6-9/h5-19,21H,20H2,1-4H3;2*5-15H,1-4H3,(H,20,21);2-6,8,11H,7H2,1H3/t21-;2*15-;8-/m0000/s1. The highest BCUT2D eigenvalue weighted by Crippen LogP contribution is 2.40. The number of hydrogen-bond acceptors (Lipinski definition) is 10. The Morgan fingerprint density at radius 2 is 0.517 bits per heavy atom. The monoisotopic (exact) mass is 1250 g/mol. The Bertz CT molecular complexity index is 3140. The second-order valence-electron chi connectivity index (χ2n) is 24.8.